The fourth-order valence-corrected chi connectivity index (χ4v) is 2.17. The van der Waals surface area contributed by atoms with Crippen molar-refractivity contribution in [2.45, 2.75) is 40.2 Å². The maximum atomic E-state index is 10.8. The Morgan fingerprint density at radius 3 is 2.14 bits per heavy atom. The molecule has 0 radical (unpaired) electrons. The highest BCUT2D eigenvalue weighted by atomic mass is 16.5. The lowest BCUT2D eigenvalue weighted by atomic mass is 9.87. The van der Waals surface area contributed by atoms with Crippen LogP contribution in [-0.4, -0.2) is 11.7 Å². The molecule has 0 bridgehead atoms. The molecule has 0 aliphatic heterocycles. The van der Waals surface area contributed by atoms with E-state index in [0.29, 0.717) is 6.61 Å². The fraction of sp³-hybridized carbons (Fsp3) is 0.368. The minimum absolute atomic E-state index is 0.621. The molecule has 0 heterocycles. The number of rotatable bonds is 4. The van der Waals surface area contributed by atoms with Crippen LogP contribution in [0.25, 0.3) is 0 Å². The topological polar surface area (TPSA) is 29.5 Å². The number of hydrogen-bond donors (Lipinski definition) is 1. The molecular weight excluding hydrogens is 260 g/mol. The van der Waals surface area contributed by atoms with Gasteiger partial charge >= 0.3 is 0 Å². The van der Waals surface area contributed by atoms with Gasteiger partial charge in [-0.15, -0.1) is 0 Å². The summed E-state index contributed by atoms with van der Waals surface area (Å²) < 4.78 is 5.49. The normalized spacial score (nSPS) is 12.9. The zero-order valence-electron chi connectivity index (χ0n) is 13.7. The van der Waals surface area contributed by atoms with Gasteiger partial charge < -0.3 is 9.84 Å². The first-order chi connectivity index (χ1) is 10.0. The summed E-state index contributed by atoms with van der Waals surface area (Å²) in [6.45, 7) is 10.4. The molecule has 0 aliphatic carbocycles. The van der Waals surface area contributed by atoms with E-state index in [0.717, 1.165) is 22.4 Å². The van der Waals surface area contributed by atoms with Crippen LogP contribution in [0.4, 0.5) is 0 Å². The summed E-state index contributed by atoms with van der Waals surface area (Å²) >= 11 is 0. The minimum Gasteiger partial charge on any atom is -0.494 e. The molecule has 1 N–H and O–H groups in total. The van der Waals surface area contributed by atoms with Gasteiger partial charge in [-0.1, -0.05) is 55.8 Å². The first-order valence-electron chi connectivity index (χ1n) is 7.57. The number of hydrogen-bond acceptors (Lipinski definition) is 2. The van der Waals surface area contributed by atoms with Gasteiger partial charge in [-0.25, -0.2) is 0 Å². The molecule has 0 saturated carbocycles. The molecule has 0 aliphatic rings. The smallest absolute Gasteiger partial charge is 0.119 e. The molecule has 2 aromatic carbocycles. The van der Waals surface area contributed by atoms with Gasteiger partial charge in [-0.3, -0.25) is 0 Å². The van der Waals surface area contributed by atoms with Crippen LogP contribution in [0.1, 0.15) is 44.4 Å². The maximum absolute atomic E-state index is 10.8. The number of ether oxygens (including phenoxy) is 1. The quantitative estimate of drug-likeness (QED) is 0.884. The molecule has 1 atom stereocenters. The van der Waals surface area contributed by atoms with Crippen molar-refractivity contribution in [3.05, 3.63) is 65.2 Å². The van der Waals surface area contributed by atoms with Gasteiger partial charge in [-0.05, 0) is 44.0 Å². The maximum Gasteiger partial charge on any atom is 0.119 e. The van der Waals surface area contributed by atoms with Crippen LogP contribution in [0.5, 0.6) is 5.75 Å². The second kappa shape index (κ2) is 7.84. The summed E-state index contributed by atoms with van der Waals surface area (Å²) in [7, 11) is 0. The summed E-state index contributed by atoms with van der Waals surface area (Å²) in [5, 5.41) is 10.8. The second-order valence-corrected chi connectivity index (χ2v) is 4.90. The van der Waals surface area contributed by atoms with Crippen molar-refractivity contribution in [1.82, 2.24) is 0 Å². The van der Waals surface area contributed by atoms with Crippen LogP contribution in [0, 0.1) is 6.92 Å². The van der Waals surface area contributed by atoms with Gasteiger partial charge in [0.15, 0.2) is 0 Å². The Kier molecular flexibility index (Phi) is 6.44. The Morgan fingerprint density at radius 1 is 1.00 bits per heavy atom. The third-order valence-corrected chi connectivity index (χ3v) is 3.29. The van der Waals surface area contributed by atoms with Gasteiger partial charge in [0.1, 0.15) is 11.4 Å². The molecule has 1 unspecified atom stereocenters. The van der Waals surface area contributed by atoms with E-state index in [-0.39, 0.29) is 0 Å². The summed E-state index contributed by atoms with van der Waals surface area (Å²) in [6.07, 6.45) is 0. The van der Waals surface area contributed by atoms with Gasteiger partial charge in [0.05, 0.1) is 6.61 Å². The molecule has 0 saturated heterocycles. The Morgan fingerprint density at radius 2 is 1.57 bits per heavy atom. The van der Waals surface area contributed by atoms with Crippen molar-refractivity contribution in [3.63, 3.8) is 0 Å². The average Bonchev–Trinajstić information content (AvgIpc) is 2.50. The van der Waals surface area contributed by atoms with E-state index in [4.69, 9.17) is 4.74 Å². The van der Waals surface area contributed by atoms with E-state index < -0.39 is 5.60 Å². The van der Waals surface area contributed by atoms with Crippen molar-refractivity contribution in [2.24, 2.45) is 0 Å². The largest absolute Gasteiger partial charge is 0.494 e. The molecule has 2 heteroatoms. The van der Waals surface area contributed by atoms with E-state index in [1.54, 1.807) is 0 Å². The van der Waals surface area contributed by atoms with Crippen molar-refractivity contribution in [2.75, 3.05) is 6.61 Å². The number of aliphatic hydroxyl groups is 1. The molecule has 0 fully saturated rings. The van der Waals surface area contributed by atoms with Crippen LogP contribution >= 0.6 is 0 Å². The summed E-state index contributed by atoms with van der Waals surface area (Å²) in [4.78, 5) is 0. The molecule has 21 heavy (non-hydrogen) atoms. The third-order valence-electron chi connectivity index (χ3n) is 3.29. The van der Waals surface area contributed by atoms with E-state index in [2.05, 4.69) is 0 Å². The molecule has 2 nitrogen and oxygen atoms in total. The zero-order chi connectivity index (χ0) is 15.9. The van der Waals surface area contributed by atoms with Crippen LogP contribution in [0.15, 0.2) is 48.5 Å². The predicted molar refractivity (Wildman–Crippen MR) is 88.8 cm³/mol. The van der Waals surface area contributed by atoms with Crippen molar-refractivity contribution < 1.29 is 9.84 Å². The van der Waals surface area contributed by atoms with Gasteiger partial charge in [-0.2, -0.15) is 0 Å². The Labute approximate surface area is 128 Å². The van der Waals surface area contributed by atoms with Crippen LogP contribution in [-0.2, 0) is 5.60 Å². The highest BCUT2D eigenvalue weighted by Gasteiger charge is 2.25. The van der Waals surface area contributed by atoms with E-state index in [1.807, 2.05) is 83.1 Å². The summed E-state index contributed by atoms with van der Waals surface area (Å²) in [5.74, 6) is 0.785. The van der Waals surface area contributed by atoms with Crippen LogP contribution in [0.3, 0.4) is 0 Å². The van der Waals surface area contributed by atoms with Gasteiger partial charge in [0.25, 0.3) is 0 Å². The summed E-state index contributed by atoms with van der Waals surface area (Å²) in [5.41, 5.74) is 1.85. The minimum atomic E-state index is -1.01. The molecular formula is C19H26O2. The summed E-state index contributed by atoms with van der Waals surface area (Å²) in [6, 6.07) is 15.6. The van der Waals surface area contributed by atoms with Gasteiger partial charge in [0.2, 0.25) is 0 Å². The first-order valence-corrected chi connectivity index (χ1v) is 7.57. The highest BCUT2D eigenvalue weighted by Crippen LogP contribution is 2.31. The Hall–Kier alpha value is -1.80. The fourth-order valence-electron chi connectivity index (χ4n) is 2.17. The van der Waals surface area contributed by atoms with Crippen molar-refractivity contribution >= 4 is 0 Å². The molecule has 2 aromatic rings. The SMILES string of the molecule is CC.CCOc1cccc(C(C)(O)c2cccc(C)c2)c1. The Bertz CT molecular complexity index is 559. The highest BCUT2D eigenvalue weighted by molar-refractivity contribution is 5.40. The molecule has 0 spiro atoms. The predicted octanol–water partition coefficient (Wildman–Crippen LogP) is 4.68. The number of benzene rings is 2. The number of aryl methyl sites for hydroxylation is 1. The van der Waals surface area contributed by atoms with E-state index in [1.165, 1.54) is 0 Å². The standard InChI is InChI=1S/C17H20O2.C2H6/c1-4-19-16-10-6-9-15(12-16)17(3,18)14-8-5-7-13(2)11-14;1-2/h5-12,18H,4H2,1-3H3;1-2H3. The van der Waals surface area contributed by atoms with Crippen molar-refractivity contribution in [3.8, 4) is 5.75 Å². The Balaban J connectivity index is 0.00000106. The molecule has 2 rings (SSSR count). The monoisotopic (exact) mass is 286 g/mol. The van der Waals surface area contributed by atoms with Gasteiger partial charge in [0, 0.05) is 0 Å². The molecule has 114 valence electrons. The lowest BCUT2D eigenvalue weighted by Gasteiger charge is -2.25. The lowest BCUT2D eigenvalue weighted by Crippen LogP contribution is -2.22. The first kappa shape index (κ1) is 17.3. The lowest BCUT2D eigenvalue weighted by molar-refractivity contribution is 0.102. The molecule has 0 amide bonds. The van der Waals surface area contributed by atoms with Crippen molar-refractivity contribution in [1.29, 1.82) is 0 Å². The second-order valence-electron chi connectivity index (χ2n) is 4.90. The van der Waals surface area contributed by atoms with Crippen LogP contribution < -0.4 is 4.74 Å². The van der Waals surface area contributed by atoms with E-state index >= 15 is 0 Å². The zero-order valence-corrected chi connectivity index (χ0v) is 13.7. The third kappa shape index (κ3) is 4.33. The van der Waals surface area contributed by atoms with E-state index in [9.17, 15) is 5.11 Å². The molecule has 0 aromatic heterocycles. The van der Waals surface area contributed by atoms with Crippen LogP contribution in [0.2, 0.25) is 0 Å². The average molecular weight is 286 g/mol.